The largest absolute Gasteiger partial charge is 0.497 e. The Labute approximate surface area is 189 Å². The van der Waals surface area contributed by atoms with E-state index < -0.39 is 0 Å². The number of oxazole rings is 1. The zero-order chi connectivity index (χ0) is 22.3. The lowest BCUT2D eigenvalue weighted by molar-refractivity contribution is -0.136. The highest BCUT2D eigenvalue weighted by Crippen LogP contribution is 2.31. The fraction of sp³-hybridized carbons (Fsp3) is 0.400. The van der Waals surface area contributed by atoms with E-state index in [4.69, 9.17) is 9.15 Å². The van der Waals surface area contributed by atoms with Gasteiger partial charge >= 0.3 is 0 Å². The number of nitrogens with zero attached hydrogens (tertiary/aromatic N) is 4. The third kappa shape index (κ3) is 5.53. The number of rotatable bonds is 8. The van der Waals surface area contributed by atoms with Crippen molar-refractivity contribution < 1.29 is 13.9 Å². The molecule has 7 nitrogen and oxygen atoms in total. The Balaban J connectivity index is 1.41. The van der Waals surface area contributed by atoms with Crippen LogP contribution in [0.4, 0.5) is 0 Å². The maximum absolute atomic E-state index is 13.1. The third-order valence-electron chi connectivity index (χ3n) is 5.76. The predicted octanol–water partition coefficient (Wildman–Crippen LogP) is 3.85. The molecule has 0 saturated carbocycles. The lowest BCUT2D eigenvalue weighted by atomic mass is 10.0. The molecule has 0 radical (unpaired) electrons. The summed E-state index contributed by atoms with van der Waals surface area (Å²) in [5.41, 5.74) is 2.05. The number of carbonyl (C=O) groups excluding carboxylic acids is 1. The van der Waals surface area contributed by atoms with Gasteiger partial charge in [-0.1, -0.05) is 18.2 Å². The van der Waals surface area contributed by atoms with Gasteiger partial charge < -0.3 is 14.1 Å². The van der Waals surface area contributed by atoms with E-state index in [-0.39, 0.29) is 11.9 Å². The maximum Gasteiger partial charge on any atom is 0.237 e. The molecule has 1 aliphatic heterocycles. The molecule has 0 spiro atoms. The van der Waals surface area contributed by atoms with Crippen LogP contribution in [0.25, 0.3) is 0 Å². The molecule has 2 aromatic heterocycles. The van der Waals surface area contributed by atoms with Crippen LogP contribution in [0.5, 0.6) is 5.75 Å². The van der Waals surface area contributed by atoms with Gasteiger partial charge in [0, 0.05) is 25.7 Å². The summed E-state index contributed by atoms with van der Waals surface area (Å²) in [4.78, 5) is 26.0. The number of likely N-dealkylation sites (tertiary alicyclic amines) is 1. The normalized spacial score (nSPS) is 16.3. The van der Waals surface area contributed by atoms with Gasteiger partial charge in [-0.25, -0.2) is 4.98 Å². The second kappa shape index (κ2) is 10.4. The zero-order valence-corrected chi connectivity index (χ0v) is 18.7. The predicted molar refractivity (Wildman–Crippen MR) is 121 cm³/mol. The minimum absolute atomic E-state index is 0.0978. The van der Waals surface area contributed by atoms with Crippen molar-refractivity contribution in [2.45, 2.75) is 38.3 Å². The zero-order valence-electron chi connectivity index (χ0n) is 18.7. The first-order chi connectivity index (χ1) is 15.6. The average molecular weight is 435 g/mol. The maximum atomic E-state index is 13.1. The number of benzene rings is 1. The highest BCUT2D eigenvalue weighted by Gasteiger charge is 2.31. The number of pyridine rings is 1. The van der Waals surface area contributed by atoms with Crippen molar-refractivity contribution >= 4 is 5.91 Å². The van der Waals surface area contributed by atoms with E-state index in [1.165, 1.54) is 0 Å². The third-order valence-corrected chi connectivity index (χ3v) is 5.76. The molecule has 1 fully saturated rings. The van der Waals surface area contributed by atoms with Crippen molar-refractivity contribution in [1.82, 2.24) is 19.8 Å². The van der Waals surface area contributed by atoms with Gasteiger partial charge in [-0.05, 0) is 56.1 Å². The molecule has 4 rings (SSSR count). The Morgan fingerprint density at radius 3 is 2.94 bits per heavy atom. The molecule has 3 aromatic rings. The SMILES string of the molecule is COc1cccc(Cc2cnc([C@@H]3CCCCN3C(=O)CN(C)Cc3ccccn3)o2)c1. The van der Waals surface area contributed by atoms with Gasteiger partial charge in [0.2, 0.25) is 11.8 Å². The van der Waals surface area contributed by atoms with Gasteiger partial charge in [0.1, 0.15) is 17.6 Å². The van der Waals surface area contributed by atoms with Gasteiger partial charge in [-0.3, -0.25) is 14.7 Å². The highest BCUT2D eigenvalue weighted by molar-refractivity contribution is 5.78. The molecule has 1 aliphatic rings. The number of amides is 1. The van der Waals surface area contributed by atoms with Crippen molar-refractivity contribution in [3.05, 3.63) is 77.8 Å². The van der Waals surface area contributed by atoms with Crippen LogP contribution in [0.2, 0.25) is 0 Å². The van der Waals surface area contributed by atoms with Crippen LogP contribution in [-0.4, -0.2) is 52.9 Å². The number of methoxy groups -OCH3 is 1. The first-order valence-corrected chi connectivity index (χ1v) is 11.1. The Kier molecular flexibility index (Phi) is 7.17. The van der Waals surface area contributed by atoms with E-state index >= 15 is 0 Å². The summed E-state index contributed by atoms with van der Waals surface area (Å²) in [5.74, 6) is 2.34. The first-order valence-electron chi connectivity index (χ1n) is 11.1. The standard InChI is InChI=1S/C25H30N4O3/c1-28(17-20-9-3-5-12-26-20)18-24(30)29-13-6-4-11-23(29)25-27-16-22(32-25)15-19-8-7-10-21(14-19)31-2/h3,5,7-10,12,14,16,23H,4,6,11,13,15,17-18H2,1-2H3/t23-/m0/s1. The Morgan fingerprint density at radius 1 is 1.22 bits per heavy atom. The van der Waals surface area contributed by atoms with Gasteiger partial charge in [0.25, 0.3) is 0 Å². The highest BCUT2D eigenvalue weighted by atomic mass is 16.5. The summed E-state index contributed by atoms with van der Waals surface area (Å²) in [7, 11) is 3.61. The van der Waals surface area contributed by atoms with Crippen LogP contribution >= 0.6 is 0 Å². The van der Waals surface area contributed by atoms with Crippen molar-refractivity contribution in [3.63, 3.8) is 0 Å². The van der Waals surface area contributed by atoms with Crippen LogP contribution in [-0.2, 0) is 17.8 Å². The van der Waals surface area contributed by atoms with Crippen molar-refractivity contribution in [1.29, 1.82) is 0 Å². The van der Waals surface area contributed by atoms with Crippen molar-refractivity contribution in [2.75, 3.05) is 27.2 Å². The van der Waals surface area contributed by atoms with Crippen LogP contribution in [0, 0.1) is 0 Å². The molecule has 32 heavy (non-hydrogen) atoms. The number of ether oxygens (including phenoxy) is 1. The summed E-state index contributed by atoms with van der Waals surface area (Å²) in [6, 6.07) is 13.6. The molecule has 7 heteroatoms. The van der Waals surface area contributed by atoms with Crippen molar-refractivity contribution in [3.8, 4) is 5.75 Å². The lowest BCUT2D eigenvalue weighted by Crippen LogP contribution is -2.43. The van der Waals surface area contributed by atoms with Crippen LogP contribution in [0.1, 0.15) is 48.2 Å². The van der Waals surface area contributed by atoms with E-state index in [2.05, 4.69) is 9.97 Å². The van der Waals surface area contributed by atoms with E-state index in [0.29, 0.717) is 25.4 Å². The molecule has 0 N–H and O–H groups in total. The summed E-state index contributed by atoms with van der Waals surface area (Å²) < 4.78 is 11.4. The molecule has 168 valence electrons. The smallest absolute Gasteiger partial charge is 0.237 e. The van der Waals surface area contributed by atoms with Gasteiger partial charge in [0.05, 0.1) is 25.5 Å². The molecular formula is C25H30N4O3. The lowest BCUT2D eigenvalue weighted by Gasteiger charge is -2.34. The second-order valence-corrected chi connectivity index (χ2v) is 8.29. The van der Waals surface area contributed by atoms with E-state index in [1.807, 2.05) is 59.3 Å². The summed E-state index contributed by atoms with van der Waals surface area (Å²) in [6.07, 6.45) is 7.12. The molecule has 0 bridgehead atoms. The molecule has 1 saturated heterocycles. The second-order valence-electron chi connectivity index (χ2n) is 8.29. The minimum Gasteiger partial charge on any atom is -0.497 e. The Bertz CT molecular complexity index is 1020. The molecular weight excluding hydrogens is 404 g/mol. The number of likely N-dealkylation sites (N-methyl/N-ethyl adjacent to an activating group) is 1. The van der Waals surface area contributed by atoms with Gasteiger partial charge in [0.15, 0.2) is 0 Å². The number of hydrogen-bond donors (Lipinski definition) is 0. The molecule has 3 heterocycles. The topological polar surface area (TPSA) is 71.7 Å². The van der Waals surface area contributed by atoms with Gasteiger partial charge in [-0.2, -0.15) is 0 Å². The first kappa shape index (κ1) is 22.0. The van der Waals surface area contributed by atoms with Crippen molar-refractivity contribution in [2.24, 2.45) is 0 Å². The van der Waals surface area contributed by atoms with Crippen LogP contribution < -0.4 is 4.74 Å². The molecule has 0 unspecified atom stereocenters. The molecule has 0 aliphatic carbocycles. The number of aromatic nitrogens is 2. The van der Waals surface area contributed by atoms with E-state index in [0.717, 1.165) is 48.6 Å². The summed E-state index contributed by atoms with van der Waals surface area (Å²) in [6.45, 7) is 1.70. The molecule has 1 atom stereocenters. The minimum atomic E-state index is -0.112. The van der Waals surface area contributed by atoms with E-state index in [9.17, 15) is 4.79 Å². The van der Waals surface area contributed by atoms with Crippen LogP contribution in [0.15, 0.2) is 59.3 Å². The Hall–Kier alpha value is -3.19. The summed E-state index contributed by atoms with van der Waals surface area (Å²) in [5, 5.41) is 0. The Morgan fingerprint density at radius 2 is 2.12 bits per heavy atom. The summed E-state index contributed by atoms with van der Waals surface area (Å²) >= 11 is 0. The average Bonchev–Trinajstić information content (AvgIpc) is 3.28. The fourth-order valence-electron chi connectivity index (χ4n) is 4.17. The number of carbonyl (C=O) groups is 1. The molecule has 1 aromatic carbocycles. The number of piperidine rings is 1. The quantitative estimate of drug-likeness (QED) is 0.536. The molecule has 1 amide bonds. The van der Waals surface area contributed by atoms with Crippen LogP contribution in [0.3, 0.4) is 0 Å². The fourth-order valence-corrected chi connectivity index (χ4v) is 4.17. The van der Waals surface area contributed by atoms with Gasteiger partial charge in [-0.15, -0.1) is 0 Å². The number of hydrogen-bond acceptors (Lipinski definition) is 6. The monoisotopic (exact) mass is 434 g/mol. The van der Waals surface area contributed by atoms with E-state index in [1.54, 1.807) is 19.5 Å².